The van der Waals surface area contributed by atoms with E-state index in [2.05, 4.69) is 24.1 Å². The first-order valence-electron chi connectivity index (χ1n) is 6.73. The van der Waals surface area contributed by atoms with E-state index < -0.39 is 0 Å². The number of nitrogens with one attached hydrogen (secondary N) is 1. The minimum atomic E-state index is 0.292. The van der Waals surface area contributed by atoms with Crippen LogP contribution >= 0.6 is 0 Å². The van der Waals surface area contributed by atoms with Gasteiger partial charge in [0.05, 0.1) is 0 Å². The molecule has 0 saturated carbocycles. The first kappa shape index (κ1) is 11.9. The van der Waals surface area contributed by atoms with Crippen LogP contribution in [0.15, 0.2) is 0 Å². The highest BCUT2D eigenvalue weighted by Crippen LogP contribution is 2.28. The molecule has 2 rings (SSSR count). The molecule has 2 atom stereocenters. The third-order valence-corrected chi connectivity index (χ3v) is 4.07. The number of amides is 1. The number of nitrogens with zero attached hydrogens (tertiary/aromatic N) is 1. The van der Waals surface area contributed by atoms with Gasteiger partial charge in [0.2, 0.25) is 5.91 Å². The van der Waals surface area contributed by atoms with Gasteiger partial charge < -0.3 is 10.2 Å². The second-order valence-electron chi connectivity index (χ2n) is 5.42. The van der Waals surface area contributed by atoms with E-state index in [0.29, 0.717) is 23.8 Å². The second-order valence-corrected chi connectivity index (χ2v) is 5.42. The lowest BCUT2D eigenvalue weighted by molar-refractivity contribution is -0.137. The van der Waals surface area contributed by atoms with E-state index in [1.807, 2.05) is 0 Å². The standard InChI is InChI=1S/C13H24N2O/c1-3-12-8-10(2)9-15(12)13(16)11-4-6-14-7-5-11/h10-12,14H,3-9H2,1-2H3. The molecular weight excluding hydrogens is 200 g/mol. The van der Waals surface area contributed by atoms with Crippen LogP contribution in [0.2, 0.25) is 0 Å². The Balaban J connectivity index is 1.97. The van der Waals surface area contributed by atoms with Gasteiger partial charge in [0.15, 0.2) is 0 Å². The summed E-state index contributed by atoms with van der Waals surface area (Å²) in [4.78, 5) is 14.6. The molecule has 1 amide bonds. The van der Waals surface area contributed by atoms with E-state index in [9.17, 15) is 4.79 Å². The molecule has 3 heteroatoms. The summed E-state index contributed by atoms with van der Waals surface area (Å²) in [7, 11) is 0. The molecule has 0 aromatic heterocycles. The zero-order valence-corrected chi connectivity index (χ0v) is 10.5. The molecule has 92 valence electrons. The van der Waals surface area contributed by atoms with E-state index in [1.54, 1.807) is 0 Å². The average molecular weight is 224 g/mol. The Morgan fingerprint density at radius 2 is 2.06 bits per heavy atom. The van der Waals surface area contributed by atoms with Crippen molar-refractivity contribution in [3.05, 3.63) is 0 Å². The van der Waals surface area contributed by atoms with Crippen LogP contribution in [0.3, 0.4) is 0 Å². The highest BCUT2D eigenvalue weighted by molar-refractivity contribution is 5.79. The molecule has 3 nitrogen and oxygen atoms in total. The summed E-state index contributed by atoms with van der Waals surface area (Å²) in [6.45, 7) is 7.47. The van der Waals surface area contributed by atoms with Gasteiger partial charge in [0, 0.05) is 18.5 Å². The minimum Gasteiger partial charge on any atom is -0.339 e. The van der Waals surface area contributed by atoms with Crippen LogP contribution in [0.4, 0.5) is 0 Å². The summed E-state index contributed by atoms with van der Waals surface area (Å²) in [6.07, 6.45) is 4.37. The molecule has 2 aliphatic heterocycles. The summed E-state index contributed by atoms with van der Waals surface area (Å²) < 4.78 is 0. The number of hydrogen-bond acceptors (Lipinski definition) is 2. The van der Waals surface area contributed by atoms with Gasteiger partial charge in [-0.25, -0.2) is 0 Å². The normalized spacial score (nSPS) is 32.0. The lowest BCUT2D eigenvalue weighted by atomic mass is 9.96. The van der Waals surface area contributed by atoms with E-state index >= 15 is 0 Å². The summed E-state index contributed by atoms with van der Waals surface area (Å²) in [6, 6.07) is 0.511. The third-order valence-electron chi connectivity index (χ3n) is 4.07. The Bertz CT molecular complexity index is 248. The fourth-order valence-corrected chi connectivity index (χ4v) is 3.11. The topological polar surface area (TPSA) is 32.3 Å². The van der Waals surface area contributed by atoms with Crippen molar-refractivity contribution in [1.82, 2.24) is 10.2 Å². The largest absolute Gasteiger partial charge is 0.339 e. The summed E-state index contributed by atoms with van der Waals surface area (Å²) in [5.41, 5.74) is 0. The van der Waals surface area contributed by atoms with Crippen LogP contribution in [0.1, 0.15) is 39.5 Å². The molecule has 2 saturated heterocycles. The maximum Gasteiger partial charge on any atom is 0.226 e. The quantitative estimate of drug-likeness (QED) is 0.773. The number of piperidine rings is 1. The van der Waals surface area contributed by atoms with E-state index in [-0.39, 0.29) is 0 Å². The van der Waals surface area contributed by atoms with Crippen molar-refractivity contribution in [2.75, 3.05) is 19.6 Å². The van der Waals surface area contributed by atoms with Crippen LogP contribution in [0.5, 0.6) is 0 Å². The average Bonchev–Trinajstić information content (AvgIpc) is 2.70. The second kappa shape index (κ2) is 5.17. The summed E-state index contributed by atoms with van der Waals surface area (Å²) >= 11 is 0. The molecule has 16 heavy (non-hydrogen) atoms. The SMILES string of the molecule is CCC1CC(C)CN1C(=O)C1CCNCC1. The van der Waals surface area contributed by atoms with Crippen molar-refractivity contribution < 1.29 is 4.79 Å². The molecule has 0 spiro atoms. The van der Waals surface area contributed by atoms with Crippen molar-refractivity contribution in [2.45, 2.75) is 45.6 Å². The Hall–Kier alpha value is -0.570. The van der Waals surface area contributed by atoms with Crippen molar-refractivity contribution in [3.63, 3.8) is 0 Å². The Labute approximate surface area is 98.6 Å². The van der Waals surface area contributed by atoms with Crippen molar-refractivity contribution in [1.29, 1.82) is 0 Å². The predicted molar refractivity (Wildman–Crippen MR) is 65.2 cm³/mol. The number of hydrogen-bond donors (Lipinski definition) is 1. The molecule has 2 unspecified atom stereocenters. The summed E-state index contributed by atoms with van der Waals surface area (Å²) in [5, 5.41) is 3.32. The molecule has 0 radical (unpaired) electrons. The Morgan fingerprint density at radius 3 is 2.69 bits per heavy atom. The Morgan fingerprint density at radius 1 is 1.38 bits per heavy atom. The minimum absolute atomic E-state index is 0.292. The fourth-order valence-electron chi connectivity index (χ4n) is 3.11. The number of likely N-dealkylation sites (tertiary alicyclic amines) is 1. The highest BCUT2D eigenvalue weighted by Gasteiger charge is 2.35. The lowest BCUT2D eigenvalue weighted by Gasteiger charge is -2.30. The molecular formula is C13H24N2O. The van der Waals surface area contributed by atoms with Gasteiger partial charge in [-0.1, -0.05) is 13.8 Å². The van der Waals surface area contributed by atoms with E-state index in [0.717, 1.165) is 38.9 Å². The molecule has 0 aliphatic carbocycles. The predicted octanol–water partition coefficient (Wildman–Crippen LogP) is 1.63. The van der Waals surface area contributed by atoms with Gasteiger partial charge in [0.25, 0.3) is 0 Å². The highest BCUT2D eigenvalue weighted by atomic mass is 16.2. The molecule has 2 heterocycles. The fraction of sp³-hybridized carbons (Fsp3) is 0.923. The smallest absolute Gasteiger partial charge is 0.226 e. The zero-order valence-electron chi connectivity index (χ0n) is 10.5. The van der Waals surface area contributed by atoms with Crippen LogP contribution in [-0.4, -0.2) is 36.5 Å². The van der Waals surface area contributed by atoms with Crippen LogP contribution in [0.25, 0.3) is 0 Å². The summed E-state index contributed by atoms with van der Waals surface area (Å²) in [5.74, 6) is 1.41. The van der Waals surface area contributed by atoms with E-state index in [1.165, 1.54) is 6.42 Å². The number of carbonyl (C=O) groups is 1. The van der Waals surface area contributed by atoms with Crippen molar-refractivity contribution in [2.24, 2.45) is 11.8 Å². The zero-order chi connectivity index (χ0) is 11.5. The molecule has 0 bridgehead atoms. The van der Waals surface area contributed by atoms with Gasteiger partial charge in [-0.3, -0.25) is 4.79 Å². The number of rotatable bonds is 2. The van der Waals surface area contributed by atoms with Gasteiger partial charge >= 0.3 is 0 Å². The van der Waals surface area contributed by atoms with Crippen LogP contribution in [0, 0.1) is 11.8 Å². The van der Waals surface area contributed by atoms with Gasteiger partial charge in [-0.2, -0.15) is 0 Å². The van der Waals surface area contributed by atoms with Gasteiger partial charge in [0.1, 0.15) is 0 Å². The van der Waals surface area contributed by atoms with E-state index in [4.69, 9.17) is 0 Å². The van der Waals surface area contributed by atoms with Gasteiger partial charge in [-0.05, 0) is 44.7 Å². The third kappa shape index (κ3) is 2.40. The molecule has 1 N–H and O–H groups in total. The van der Waals surface area contributed by atoms with Crippen molar-refractivity contribution in [3.8, 4) is 0 Å². The first-order chi connectivity index (χ1) is 7.72. The first-order valence-corrected chi connectivity index (χ1v) is 6.73. The maximum atomic E-state index is 12.4. The van der Waals surface area contributed by atoms with Crippen LogP contribution in [-0.2, 0) is 4.79 Å². The lowest BCUT2D eigenvalue weighted by Crippen LogP contribution is -2.43. The monoisotopic (exact) mass is 224 g/mol. The van der Waals surface area contributed by atoms with Gasteiger partial charge in [-0.15, -0.1) is 0 Å². The number of carbonyl (C=O) groups excluding carboxylic acids is 1. The Kier molecular flexibility index (Phi) is 3.85. The van der Waals surface area contributed by atoms with Crippen LogP contribution < -0.4 is 5.32 Å². The molecule has 0 aromatic carbocycles. The molecule has 2 aliphatic rings. The van der Waals surface area contributed by atoms with Crippen molar-refractivity contribution >= 4 is 5.91 Å². The maximum absolute atomic E-state index is 12.4. The molecule has 2 fully saturated rings. The molecule has 0 aromatic rings.